The van der Waals surface area contributed by atoms with Gasteiger partial charge in [-0.15, -0.1) is 0 Å². The number of hydrogen-bond donors (Lipinski definition) is 3. The summed E-state index contributed by atoms with van der Waals surface area (Å²) in [6, 6.07) is 0. The second-order valence-corrected chi connectivity index (χ2v) is 4.67. The summed E-state index contributed by atoms with van der Waals surface area (Å²) in [7, 11) is 0. The highest BCUT2D eigenvalue weighted by Crippen LogP contribution is 2.12. The molecule has 1 atom stereocenters. The normalized spacial score (nSPS) is 14.1. The van der Waals surface area contributed by atoms with Crippen LogP contribution in [-0.2, 0) is 4.79 Å². The molecular formula is C12H25N3O2. The predicted molar refractivity (Wildman–Crippen MR) is 68.8 cm³/mol. The molecule has 0 spiro atoms. The molecule has 5 nitrogen and oxygen atoms in total. The van der Waals surface area contributed by atoms with Crippen molar-refractivity contribution in [2.24, 2.45) is 28.6 Å². The van der Waals surface area contributed by atoms with Gasteiger partial charge in [0.25, 0.3) is 0 Å². The fraction of sp³-hybridized carbons (Fsp3) is 0.833. The predicted octanol–water partition coefficient (Wildman–Crippen LogP) is 1.56. The average Bonchev–Trinajstić information content (AvgIpc) is 2.29. The number of nitrogens with two attached hydrogens (primary N) is 1. The largest absolute Gasteiger partial charge is 0.409 e. The number of nitrogens with one attached hydrogen (secondary N) is 1. The van der Waals surface area contributed by atoms with Crippen LogP contribution in [-0.4, -0.2) is 23.5 Å². The Labute approximate surface area is 103 Å². The van der Waals surface area contributed by atoms with Crippen LogP contribution in [0.3, 0.4) is 0 Å². The van der Waals surface area contributed by atoms with Crippen molar-refractivity contribution >= 4 is 11.7 Å². The van der Waals surface area contributed by atoms with Gasteiger partial charge in [-0.1, -0.05) is 45.7 Å². The molecule has 0 aliphatic carbocycles. The van der Waals surface area contributed by atoms with E-state index in [2.05, 4.69) is 24.3 Å². The summed E-state index contributed by atoms with van der Waals surface area (Å²) in [6.45, 7) is 8.60. The van der Waals surface area contributed by atoms with Crippen molar-refractivity contribution in [1.29, 1.82) is 0 Å². The van der Waals surface area contributed by atoms with E-state index in [0.717, 1.165) is 12.8 Å². The van der Waals surface area contributed by atoms with Crippen molar-refractivity contribution in [3.05, 3.63) is 0 Å². The van der Waals surface area contributed by atoms with E-state index in [1.807, 2.05) is 13.8 Å². The third-order valence-electron chi connectivity index (χ3n) is 3.10. The molecule has 0 aromatic rings. The smallest absolute Gasteiger partial charge is 0.231 e. The Bertz CT molecular complexity index is 260. The highest BCUT2D eigenvalue weighted by atomic mass is 16.4. The quantitative estimate of drug-likeness (QED) is 0.274. The zero-order chi connectivity index (χ0) is 13.4. The molecule has 100 valence electrons. The van der Waals surface area contributed by atoms with Crippen LogP contribution >= 0.6 is 0 Å². The number of carbonyl (C=O) groups excluding carboxylic acids is 1. The minimum Gasteiger partial charge on any atom is -0.409 e. The fourth-order valence-corrected chi connectivity index (χ4v) is 1.77. The topological polar surface area (TPSA) is 87.7 Å². The van der Waals surface area contributed by atoms with Gasteiger partial charge in [0, 0.05) is 6.54 Å². The van der Waals surface area contributed by atoms with Gasteiger partial charge in [-0.2, -0.15) is 0 Å². The summed E-state index contributed by atoms with van der Waals surface area (Å²) >= 11 is 0. The SMILES string of the molecule is CCC(CC)CNC(=O)C(C(N)=NO)C(C)C. The monoisotopic (exact) mass is 243 g/mol. The molecule has 1 amide bonds. The molecule has 0 heterocycles. The Balaban J connectivity index is 4.44. The minimum absolute atomic E-state index is 0.00704. The van der Waals surface area contributed by atoms with Crippen LogP contribution in [0.15, 0.2) is 5.16 Å². The van der Waals surface area contributed by atoms with Crippen LogP contribution in [0.4, 0.5) is 0 Å². The Morgan fingerprint density at radius 3 is 2.24 bits per heavy atom. The van der Waals surface area contributed by atoms with Gasteiger partial charge in [0.2, 0.25) is 5.91 Å². The molecule has 5 heteroatoms. The molecule has 0 aromatic carbocycles. The number of amides is 1. The van der Waals surface area contributed by atoms with E-state index >= 15 is 0 Å². The Morgan fingerprint density at radius 2 is 1.88 bits per heavy atom. The lowest BCUT2D eigenvalue weighted by molar-refractivity contribution is -0.124. The van der Waals surface area contributed by atoms with E-state index in [1.165, 1.54) is 0 Å². The van der Waals surface area contributed by atoms with E-state index in [9.17, 15) is 4.79 Å². The third-order valence-corrected chi connectivity index (χ3v) is 3.10. The Morgan fingerprint density at radius 1 is 1.35 bits per heavy atom. The van der Waals surface area contributed by atoms with E-state index in [1.54, 1.807) is 0 Å². The first-order chi connectivity index (χ1) is 7.97. The van der Waals surface area contributed by atoms with Gasteiger partial charge in [0.1, 0.15) is 5.92 Å². The summed E-state index contributed by atoms with van der Waals surface area (Å²) < 4.78 is 0. The van der Waals surface area contributed by atoms with Gasteiger partial charge < -0.3 is 16.3 Å². The summed E-state index contributed by atoms with van der Waals surface area (Å²) in [5, 5.41) is 14.5. The Hall–Kier alpha value is -1.26. The highest BCUT2D eigenvalue weighted by molar-refractivity contribution is 6.02. The van der Waals surface area contributed by atoms with E-state index in [0.29, 0.717) is 12.5 Å². The van der Waals surface area contributed by atoms with E-state index in [4.69, 9.17) is 10.9 Å². The van der Waals surface area contributed by atoms with Crippen molar-refractivity contribution in [2.75, 3.05) is 6.54 Å². The molecule has 0 aliphatic heterocycles. The second-order valence-electron chi connectivity index (χ2n) is 4.67. The number of nitrogens with zero attached hydrogens (tertiary/aromatic N) is 1. The van der Waals surface area contributed by atoms with Crippen LogP contribution in [0.1, 0.15) is 40.5 Å². The molecule has 0 rings (SSSR count). The maximum atomic E-state index is 11.9. The number of carbonyl (C=O) groups is 1. The molecule has 0 aromatic heterocycles. The van der Waals surface area contributed by atoms with Gasteiger partial charge in [-0.05, 0) is 11.8 Å². The van der Waals surface area contributed by atoms with Gasteiger partial charge >= 0.3 is 0 Å². The molecule has 0 radical (unpaired) electrons. The molecule has 4 N–H and O–H groups in total. The zero-order valence-electron chi connectivity index (χ0n) is 11.2. The zero-order valence-corrected chi connectivity index (χ0v) is 11.2. The second kappa shape index (κ2) is 7.92. The van der Waals surface area contributed by atoms with Crippen molar-refractivity contribution < 1.29 is 10.0 Å². The minimum atomic E-state index is -0.561. The maximum absolute atomic E-state index is 11.9. The number of oxime groups is 1. The summed E-state index contributed by atoms with van der Waals surface area (Å²) in [4.78, 5) is 11.9. The van der Waals surface area contributed by atoms with Crippen molar-refractivity contribution in [1.82, 2.24) is 5.32 Å². The van der Waals surface area contributed by atoms with Gasteiger partial charge in [-0.3, -0.25) is 4.79 Å². The van der Waals surface area contributed by atoms with Crippen LogP contribution in [0.25, 0.3) is 0 Å². The molecule has 0 saturated carbocycles. The molecule has 0 saturated heterocycles. The maximum Gasteiger partial charge on any atom is 0.231 e. The van der Waals surface area contributed by atoms with E-state index < -0.39 is 5.92 Å². The van der Waals surface area contributed by atoms with Crippen molar-refractivity contribution in [2.45, 2.75) is 40.5 Å². The fourth-order valence-electron chi connectivity index (χ4n) is 1.77. The Kier molecular flexibility index (Phi) is 7.34. The first kappa shape index (κ1) is 15.7. The molecule has 1 unspecified atom stereocenters. The van der Waals surface area contributed by atoms with E-state index in [-0.39, 0.29) is 17.7 Å². The van der Waals surface area contributed by atoms with Crippen LogP contribution in [0.2, 0.25) is 0 Å². The molecule has 0 aliphatic rings. The molecule has 0 bridgehead atoms. The number of rotatable bonds is 7. The lowest BCUT2D eigenvalue weighted by Gasteiger charge is -2.20. The van der Waals surface area contributed by atoms with Gasteiger partial charge in [0.05, 0.1) is 0 Å². The van der Waals surface area contributed by atoms with Crippen LogP contribution < -0.4 is 11.1 Å². The molecule has 17 heavy (non-hydrogen) atoms. The summed E-state index contributed by atoms with van der Waals surface area (Å²) in [5.41, 5.74) is 5.53. The van der Waals surface area contributed by atoms with Gasteiger partial charge in [0.15, 0.2) is 5.84 Å². The molecular weight excluding hydrogens is 218 g/mol. The lowest BCUT2D eigenvalue weighted by atomic mass is 9.93. The number of amidine groups is 1. The summed E-state index contributed by atoms with van der Waals surface area (Å²) in [6.07, 6.45) is 2.07. The van der Waals surface area contributed by atoms with Crippen LogP contribution in [0.5, 0.6) is 0 Å². The third kappa shape index (κ3) is 5.06. The van der Waals surface area contributed by atoms with Crippen LogP contribution in [0, 0.1) is 17.8 Å². The first-order valence-corrected chi connectivity index (χ1v) is 6.22. The molecule has 0 fully saturated rings. The summed E-state index contributed by atoms with van der Waals surface area (Å²) in [5.74, 6) is -0.259. The first-order valence-electron chi connectivity index (χ1n) is 6.22. The average molecular weight is 243 g/mol. The highest BCUT2D eigenvalue weighted by Gasteiger charge is 2.26. The standard InChI is InChI=1S/C12H25N3O2/c1-5-9(6-2)7-14-12(16)10(8(3)4)11(13)15-17/h8-10,17H,5-7H2,1-4H3,(H2,13,15)(H,14,16). The lowest BCUT2D eigenvalue weighted by Crippen LogP contribution is -2.43. The van der Waals surface area contributed by atoms with Crippen molar-refractivity contribution in [3.8, 4) is 0 Å². The van der Waals surface area contributed by atoms with Crippen molar-refractivity contribution in [3.63, 3.8) is 0 Å². The number of hydrogen-bond acceptors (Lipinski definition) is 3. The van der Waals surface area contributed by atoms with Gasteiger partial charge in [-0.25, -0.2) is 0 Å².